The van der Waals surface area contributed by atoms with E-state index in [0.717, 1.165) is 0 Å². The second-order valence-electron chi connectivity index (χ2n) is 3.69. The highest BCUT2D eigenvalue weighted by molar-refractivity contribution is 6.68. The average Bonchev–Trinajstić information content (AvgIpc) is 2.41. The lowest BCUT2D eigenvalue weighted by Crippen LogP contribution is -2.37. The number of nitro groups is 1. The number of ether oxygens (including phenoxy) is 2. The quantitative estimate of drug-likeness (QED) is 0.255. The van der Waals surface area contributed by atoms with Gasteiger partial charge in [0.2, 0.25) is 9.90 Å². The van der Waals surface area contributed by atoms with Gasteiger partial charge in [-0.2, -0.15) is 0 Å². The summed E-state index contributed by atoms with van der Waals surface area (Å²) in [6, 6.07) is 5.29. The van der Waals surface area contributed by atoms with Crippen molar-refractivity contribution in [3.63, 3.8) is 0 Å². The van der Waals surface area contributed by atoms with E-state index < -0.39 is 20.8 Å². The van der Waals surface area contributed by atoms with Crippen LogP contribution in [0.2, 0.25) is 0 Å². The Morgan fingerprint density at radius 2 is 1.90 bits per heavy atom. The Labute approximate surface area is 133 Å². The van der Waals surface area contributed by atoms with Gasteiger partial charge in [-0.1, -0.05) is 34.8 Å². The zero-order valence-corrected chi connectivity index (χ0v) is 12.5. The molecule has 0 fully saturated rings. The fraction of sp³-hybridized carbons (Fsp3) is 0.273. The first-order valence-corrected chi connectivity index (χ1v) is 6.45. The van der Waals surface area contributed by atoms with Crippen molar-refractivity contribution >= 4 is 52.9 Å². The predicted octanol–water partition coefficient (Wildman–Crippen LogP) is 2.55. The Morgan fingerprint density at radius 3 is 2.33 bits per heavy atom. The lowest BCUT2D eigenvalue weighted by atomic mass is 10.2. The van der Waals surface area contributed by atoms with Crippen LogP contribution in [0.4, 0.5) is 5.69 Å². The highest BCUT2D eigenvalue weighted by atomic mass is 35.6. The Balaban J connectivity index is 2.66. The molecule has 0 aromatic heterocycles. The maximum Gasteiger partial charge on any atom is 0.352 e. The predicted molar refractivity (Wildman–Crippen MR) is 74.1 cm³/mol. The van der Waals surface area contributed by atoms with Gasteiger partial charge in [-0.25, -0.2) is 4.79 Å². The van der Waals surface area contributed by atoms with Crippen molar-refractivity contribution in [3.8, 4) is 0 Å². The average molecular weight is 357 g/mol. The standard InChI is InChI=1S/C11H8Cl3NO6/c12-11(13,14)9(21-6-16)10(17)20-5-7-1-3-8(4-2-7)15(18)19/h1-4,6,9H,5H2. The molecule has 0 radical (unpaired) electrons. The summed E-state index contributed by atoms with van der Waals surface area (Å²) in [5.74, 6) is -1.06. The topological polar surface area (TPSA) is 95.7 Å². The normalized spacial score (nSPS) is 12.3. The van der Waals surface area contributed by atoms with Crippen LogP contribution in [-0.4, -0.2) is 27.3 Å². The van der Waals surface area contributed by atoms with Crippen molar-refractivity contribution < 1.29 is 24.0 Å². The van der Waals surface area contributed by atoms with E-state index in [1.54, 1.807) is 0 Å². The van der Waals surface area contributed by atoms with E-state index in [4.69, 9.17) is 39.5 Å². The van der Waals surface area contributed by atoms with Gasteiger partial charge in [-0.05, 0) is 17.7 Å². The van der Waals surface area contributed by atoms with Crippen LogP contribution >= 0.6 is 34.8 Å². The molecule has 0 aliphatic heterocycles. The number of hydrogen-bond donors (Lipinski definition) is 0. The molecule has 0 aliphatic carbocycles. The molecule has 1 rings (SSSR count). The minimum atomic E-state index is -2.17. The minimum absolute atomic E-state index is 0.0420. The molecule has 10 heteroatoms. The van der Waals surface area contributed by atoms with Crippen molar-refractivity contribution in [1.82, 2.24) is 0 Å². The number of nitrogens with zero attached hydrogens (tertiary/aromatic N) is 1. The second-order valence-corrected chi connectivity index (χ2v) is 6.05. The van der Waals surface area contributed by atoms with Crippen molar-refractivity contribution in [2.45, 2.75) is 16.5 Å². The van der Waals surface area contributed by atoms with Crippen LogP contribution in [0.15, 0.2) is 24.3 Å². The largest absolute Gasteiger partial charge is 0.458 e. The van der Waals surface area contributed by atoms with Gasteiger partial charge in [0.1, 0.15) is 6.61 Å². The number of carbonyl (C=O) groups is 2. The first-order valence-electron chi connectivity index (χ1n) is 5.31. The maximum atomic E-state index is 11.7. The molecular weight excluding hydrogens is 348 g/mol. The lowest BCUT2D eigenvalue weighted by Gasteiger charge is -2.20. The van der Waals surface area contributed by atoms with E-state index in [2.05, 4.69) is 4.74 Å². The molecule has 0 heterocycles. The third-order valence-electron chi connectivity index (χ3n) is 2.23. The zero-order valence-electron chi connectivity index (χ0n) is 10.2. The molecule has 21 heavy (non-hydrogen) atoms. The molecule has 114 valence electrons. The van der Waals surface area contributed by atoms with Crippen molar-refractivity contribution in [2.24, 2.45) is 0 Å². The summed E-state index contributed by atoms with van der Waals surface area (Å²) in [4.78, 5) is 31.8. The van der Waals surface area contributed by atoms with Crippen LogP contribution in [0.1, 0.15) is 5.56 Å². The van der Waals surface area contributed by atoms with Gasteiger partial charge in [-0.15, -0.1) is 0 Å². The zero-order chi connectivity index (χ0) is 16.0. The van der Waals surface area contributed by atoms with Crippen molar-refractivity contribution in [3.05, 3.63) is 39.9 Å². The Bertz CT molecular complexity index is 528. The molecule has 0 N–H and O–H groups in total. The summed E-state index contributed by atoms with van der Waals surface area (Å²) in [5.41, 5.74) is 0.372. The molecule has 0 amide bonds. The highest BCUT2D eigenvalue weighted by Crippen LogP contribution is 2.32. The molecule has 1 atom stereocenters. The molecular formula is C11H8Cl3NO6. The van der Waals surface area contributed by atoms with Crippen LogP contribution in [0, 0.1) is 10.1 Å². The monoisotopic (exact) mass is 355 g/mol. The van der Waals surface area contributed by atoms with Crippen LogP contribution in [0.3, 0.4) is 0 Å². The van der Waals surface area contributed by atoms with Crippen LogP contribution in [-0.2, 0) is 25.7 Å². The number of alkyl halides is 3. The fourth-order valence-electron chi connectivity index (χ4n) is 1.27. The van der Waals surface area contributed by atoms with E-state index in [0.29, 0.717) is 5.56 Å². The minimum Gasteiger partial charge on any atom is -0.458 e. The summed E-state index contributed by atoms with van der Waals surface area (Å²) in [5, 5.41) is 10.5. The molecule has 7 nitrogen and oxygen atoms in total. The third kappa shape index (κ3) is 5.37. The molecule has 0 saturated heterocycles. The smallest absolute Gasteiger partial charge is 0.352 e. The highest BCUT2D eigenvalue weighted by Gasteiger charge is 2.41. The first-order chi connectivity index (χ1) is 9.75. The second kappa shape index (κ2) is 7.44. The van der Waals surface area contributed by atoms with Crippen LogP contribution < -0.4 is 0 Å². The van der Waals surface area contributed by atoms with Crippen LogP contribution in [0.5, 0.6) is 0 Å². The number of hydrogen-bond acceptors (Lipinski definition) is 6. The Morgan fingerprint density at radius 1 is 1.33 bits per heavy atom. The molecule has 0 bridgehead atoms. The molecule has 1 aromatic rings. The number of non-ortho nitro benzene ring substituents is 1. The molecule has 0 saturated carbocycles. The third-order valence-corrected chi connectivity index (χ3v) is 2.83. The summed E-state index contributed by atoms with van der Waals surface area (Å²) in [7, 11) is 0. The van der Waals surface area contributed by atoms with Crippen LogP contribution in [0.25, 0.3) is 0 Å². The number of rotatable bonds is 6. The van der Waals surface area contributed by atoms with Gasteiger partial charge in [0.05, 0.1) is 4.92 Å². The fourth-order valence-corrected chi connectivity index (χ4v) is 1.69. The number of benzene rings is 1. The molecule has 0 aliphatic rings. The first kappa shape index (κ1) is 17.5. The summed E-state index contributed by atoms with van der Waals surface area (Å²) >= 11 is 16.4. The number of halogens is 3. The summed E-state index contributed by atoms with van der Waals surface area (Å²) < 4.78 is 7.02. The van der Waals surface area contributed by atoms with E-state index in [9.17, 15) is 19.7 Å². The number of esters is 1. The molecule has 1 unspecified atom stereocenters. The van der Waals surface area contributed by atoms with Gasteiger partial charge >= 0.3 is 5.97 Å². The lowest BCUT2D eigenvalue weighted by molar-refractivity contribution is -0.384. The summed E-state index contributed by atoms with van der Waals surface area (Å²) in [6.07, 6.45) is -1.71. The van der Waals surface area contributed by atoms with E-state index in [1.807, 2.05) is 0 Å². The van der Waals surface area contributed by atoms with E-state index in [-0.39, 0.29) is 18.8 Å². The summed E-state index contributed by atoms with van der Waals surface area (Å²) in [6.45, 7) is -0.268. The maximum absolute atomic E-state index is 11.7. The van der Waals surface area contributed by atoms with Gasteiger partial charge in [0.15, 0.2) is 0 Å². The number of nitro benzene ring substituents is 1. The van der Waals surface area contributed by atoms with Gasteiger partial charge in [0.25, 0.3) is 12.2 Å². The van der Waals surface area contributed by atoms with E-state index in [1.165, 1.54) is 24.3 Å². The van der Waals surface area contributed by atoms with Crippen molar-refractivity contribution in [2.75, 3.05) is 0 Å². The van der Waals surface area contributed by atoms with Crippen molar-refractivity contribution in [1.29, 1.82) is 0 Å². The van der Waals surface area contributed by atoms with Gasteiger partial charge in [0, 0.05) is 12.1 Å². The molecule has 1 aromatic carbocycles. The Kier molecular flexibility index (Phi) is 6.19. The van der Waals surface area contributed by atoms with Gasteiger partial charge in [-0.3, -0.25) is 14.9 Å². The molecule has 0 spiro atoms. The van der Waals surface area contributed by atoms with E-state index >= 15 is 0 Å². The Hall–Kier alpha value is -1.57. The number of carbonyl (C=O) groups excluding carboxylic acids is 2. The van der Waals surface area contributed by atoms with Gasteiger partial charge < -0.3 is 9.47 Å². The SMILES string of the molecule is O=COC(C(=O)OCc1ccc([N+](=O)[O-])cc1)C(Cl)(Cl)Cl.